The number of thiophene rings is 1. The second-order valence-electron chi connectivity index (χ2n) is 4.62. The highest BCUT2D eigenvalue weighted by Crippen LogP contribution is 2.42. The van der Waals surface area contributed by atoms with Crippen LogP contribution in [0.3, 0.4) is 0 Å². The van der Waals surface area contributed by atoms with Crippen LogP contribution < -0.4 is 4.74 Å². The van der Waals surface area contributed by atoms with Crippen molar-refractivity contribution in [3.8, 4) is 16.9 Å². The van der Waals surface area contributed by atoms with Crippen LogP contribution in [-0.4, -0.2) is 29.4 Å². The van der Waals surface area contributed by atoms with Crippen molar-refractivity contribution >= 4 is 29.0 Å². The Kier molecular flexibility index (Phi) is 3.31. The smallest absolute Gasteiger partial charge is 0.409 e. The maximum atomic E-state index is 11.0. The number of amides is 1. The third-order valence-electron chi connectivity index (χ3n) is 3.34. The van der Waals surface area contributed by atoms with Crippen molar-refractivity contribution in [2.45, 2.75) is 12.6 Å². The number of fused-ring (bicyclic) bond motifs is 1. The van der Waals surface area contributed by atoms with Gasteiger partial charge in [-0.05, 0) is 34.5 Å². The van der Waals surface area contributed by atoms with Crippen LogP contribution in [0.25, 0.3) is 11.1 Å². The molecule has 1 aliphatic rings. The molecule has 1 aliphatic heterocycles. The normalized spacial score (nSPS) is 16.6. The van der Waals surface area contributed by atoms with E-state index in [4.69, 9.17) is 21.4 Å². The number of hydrogen-bond donors (Lipinski definition) is 1. The van der Waals surface area contributed by atoms with Gasteiger partial charge in [0.25, 0.3) is 0 Å². The molecule has 2 heterocycles. The van der Waals surface area contributed by atoms with E-state index in [9.17, 15) is 4.79 Å². The summed E-state index contributed by atoms with van der Waals surface area (Å²) >= 11 is 7.75. The Labute approximate surface area is 125 Å². The number of benzene rings is 1. The highest BCUT2D eigenvalue weighted by atomic mass is 35.5. The zero-order valence-electron chi connectivity index (χ0n) is 10.7. The molecule has 20 heavy (non-hydrogen) atoms. The van der Waals surface area contributed by atoms with Crippen molar-refractivity contribution in [2.75, 3.05) is 7.05 Å². The van der Waals surface area contributed by atoms with Crippen LogP contribution in [0.1, 0.15) is 5.56 Å². The number of nitrogens with zero attached hydrogens (tertiary/aromatic N) is 1. The molecular weight excluding hydrogens is 298 g/mol. The van der Waals surface area contributed by atoms with Crippen LogP contribution in [0.5, 0.6) is 5.75 Å². The minimum absolute atomic E-state index is 0.502. The molecule has 0 radical (unpaired) electrons. The third-order valence-corrected chi connectivity index (χ3v) is 4.25. The maximum absolute atomic E-state index is 11.0. The van der Waals surface area contributed by atoms with Gasteiger partial charge in [-0.3, -0.25) is 4.90 Å². The summed E-state index contributed by atoms with van der Waals surface area (Å²) in [4.78, 5) is 12.2. The van der Waals surface area contributed by atoms with Gasteiger partial charge in [0.05, 0.1) is 0 Å². The SMILES string of the molecule is CN(C(=O)O)C1Cc2cc(Cl)cc(-c3ccsc3)c2O1. The zero-order chi connectivity index (χ0) is 14.3. The van der Waals surface area contributed by atoms with Gasteiger partial charge in [0, 0.05) is 29.6 Å². The lowest BCUT2D eigenvalue weighted by Gasteiger charge is -2.20. The van der Waals surface area contributed by atoms with Gasteiger partial charge >= 0.3 is 6.09 Å². The fourth-order valence-electron chi connectivity index (χ4n) is 2.28. The Morgan fingerprint density at radius 2 is 2.35 bits per heavy atom. The second-order valence-corrected chi connectivity index (χ2v) is 5.84. The molecule has 2 aromatic rings. The molecule has 4 nitrogen and oxygen atoms in total. The Morgan fingerprint density at radius 3 is 3.00 bits per heavy atom. The number of hydrogen-bond acceptors (Lipinski definition) is 3. The highest BCUT2D eigenvalue weighted by Gasteiger charge is 2.31. The monoisotopic (exact) mass is 309 g/mol. The van der Waals surface area contributed by atoms with E-state index < -0.39 is 12.3 Å². The van der Waals surface area contributed by atoms with Crippen LogP contribution >= 0.6 is 22.9 Å². The van der Waals surface area contributed by atoms with E-state index >= 15 is 0 Å². The Morgan fingerprint density at radius 1 is 1.55 bits per heavy atom. The van der Waals surface area contributed by atoms with Crippen LogP contribution in [0.15, 0.2) is 29.0 Å². The predicted octanol–water partition coefficient (Wildman–Crippen LogP) is 3.94. The topological polar surface area (TPSA) is 49.8 Å². The molecule has 6 heteroatoms. The summed E-state index contributed by atoms with van der Waals surface area (Å²) in [6.45, 7) is 0. The van der Waals surface area contributed by atoms with E-state index in [2.05, 4.69) is 0 Å². The molecule has 1 aromatic carbocycles. The van der Waals surface area contributed by atoms with Gasteiger partial charge in [0.15, 0.2) is 6.23 Å². The third kappa shape index (κ3) is 2.23. The predicted molar refractivity (Wildman–Crippen MR) is 78.7 cm³/mol. The van der Waals surface area contributed by atoms with Crippen LogP contribution in [-0.2, 0) is 6.42 Å². The molecular formula is C14H12ClNO3S. The molecule has 0 fully saturated rings. The molecule has 104 valence electrons. The van der Waals surface area contributed by atoms with Crippen molar-refractivity contribution in [1.29, 1.82) is 0 Å². The number of likely N-dealkylation sites (N-methyl/N-ethyl adjacent to an activating group) is 1. The maximum Gasteiger partial charge on any atom is 0.409 e. The van der Waals surface area contributed by atoms with Crippen molar-refractivity contribution in [3.05, 3.63) is 39.5 Å². The minimum Gasteiger partial charge on any atom is -0.469 e. The Hall–Kier alpha value is -1.72. The quantitative estimate of drug-likeness (QED) is 0.914. The van der Waals surface area contributed by atoms with Crippen molar-refractivity contribution < 1.29 is 14.6 Å². The summed E-state index contributed by atoms with van der Waals surface area (Å²) in [5.74, 6) is 0.728. The summed E-state index contributed by atoms with van der Waals surface area (Å²) in [6.07, 6.45) is -1.00. The molecule has 1 N–H and O–H groups in total. The van der Waals surface area contributed by atoms with Crippen molar-refractivity contribution in [2.24, 2.45) is 0 Å². The fraction of sp³-hybridized carbons (Fsp3) is 0.214. The van der Waals surface area contributed by atoms with Gasteiger partial charge in [0.2, 0.25) is 0 Å². The number of carboxylic acid groups (broad SMARTS) is 1. The number of rotatable bonds is 2. The van der Waals surface area contributed by atoms with Gasteiger partial charge in [-0.2, -0.15) is 11.3 Å². The molecule has 0 bridgehead atoms. The minimum atomic E-state index is -1.01. The lowest BCUT2D eigenvalue weighted by Crippen LogP contribution is -2.38. The molecule has 1 unspecified atom stereocenters. The number of carbonyl (C=O) groups is 1. The average Bonchev–Trinajstić information content (AvgIpc) is 3.05. The Balaban J connectivity index is 2.01. The molecule has 0 spiro atoms. The van der Waals surface area contributed by atoms with Crippen LogP contribution in [0, 0.1) is 0 Å². The standard InChI is InChI=1S/C14H12ClNO3S/c1-16(14(17)18)12-5-9-4-10(15)6-11(13(9)19-12)8-2-3-20-7-8/h2-4,6-7,12H,5H2,1H3,(H,17,18). The first kappa shape index (κ1) is 13.3. The lowest BCUT2D eigenvalue weighted by molar-refractivity contribution is 0.0610. The lowest BCUT2D eigenvalue weighted by atomic mass is 10.0. The molecule has 3 rings (SSSR count). The molecule has 1 amide bonds. The van der Waals surface area contributed by atoms with E-state index in [0.29, 0.717) is 11.4 Å². The van der Waals surface area contributed by atoms with Crippen molar-refractivity contribution in [3.63, 3.8) is 0 Å². The fourth-order valence-corrected chi connectivity index (χ4v) is 3.17. The van der Waals surface area contributed by atoms with Gasteiger partial charge < -0.3 is 9.84 Å². The molecule has 0 aliphatic carbocycles. The van der Waals surface area contributed by atoms with Gasteiger partial charge in [-0.15, -0.1) is 0 Å². The average molecular weight is 310 g/mol. The zero-order valence-corrected chi connectivity index (χ0v) is 12.2. The summed E-state index contributed by atoms with van der Waals surface area (Å²) < 4.78 is 5.83. The number of halogens is 1. The van der Waals surface area contributed by atoms with E-state index in [1.165, 1.54) is 11.9 Å². The first-order valence-electron chi connectivity index (χ1n) is 6.03. The Bertz CT molecular complexity index is 657. The van der Waals surface area contributed by atoms with Crippen LogP contribution in [0.2, 0.25) is 5.02 Å². The molecule has 0 saturated heterocycles. The molecule has 0 saturated carbocycles. The second kappa shape index (κ2) is 5.00. The number of ether oxygens (including phenoxy) is 1. The first-order valence-corrected chi connectivity index (χ1v) is 7.35. The van der Waals surface area contributed by atoms with E-state index in [1.54, 1.807) is 11.3 Å². The van der Waals surface area contributed by atoms with Gasteiger partial charge in [-0.25, -0.2) is 4.79 Å². The first-order chi connectivity index (χ1) is 9.56. The van der Waals surface area contributed by atoms with E-state index in [0.717, 1.165) is 22.4 Å². The van der Waals surface area contributed by atoms with Crippen molar-refractivity contribution in [1.82, 2.24) is 4.90 Å². The highest BCUT2D eigenvalue weighted by molar-refractivity contribution is 7.08. The summed E-state index contributed by atoms with van der Waals surface area (Å²) in [6, 6.07) is 5.68. The largest absolute Gasteiger partial charge is 0.469 e. The molecule has 1 aromatic heterocycles. The summed E-state index contributed by atoms with van der Waals surface area (Å²) in [5, 5.41) is 13.7. The van der Waals surface area contributed by atoms with Gasteiger partial charge in [0.1, 0.15) is 5.75 Å². The summed E-state index contributed by atoms with van der Waals surface area (Å²) in [7, 11) is 1.50. The van der Waals surface area contributed by atoms with E-state index in [-0.39, 0.29) is 0 Å². The summed E-state index contributed by atoms with van der Waals surface area (Å²) in [5.41, 5.74) is 2.89. The molecule has 1 atom stereocenters. The van der Waals surface area contributed by atoms with Gasteiger partial charge in [-0.1, -0.05) is 11.6 Å². The van der Waals surface area contributed by atoms with E-state index in [1.807, 2.05) is 29.0 Å². The van der Waals surface area contributed by atoms with Crippen LogP contribution in [0.4, 0.5) is 4.79 Å².